The van der Waals surface area contributed by atoms with Crippen LogP contribution in [-0.2, 0) is 22.4 Å². The van der Waals surface area contributed by atoms with Crippen molar-refractivity contribution in [3.05, 3.63) is 53.6 Å². The number of hydrogen-bond donors (Lipinski definition) is 1. The minimum absolute atomic E-state index is 0.00555. The number of anilines is 1. The Hall–Kier alpha value is -3.02. The van der Waals surface area contributed by atoms with Gasteiger partial charge in [-0.15, -0.1) is 0 Å². The normalized spacial score (nSPS) is 25.5. The van der Waals surface area contributed by atoms with Gasteiger partial charge in [0.05, 0.1) is 19.9 Å². The van der Waals surface area contributed by atoms with Crippen molar-refractivity contribution in [1.82, 2.24) is 4.90 Å². The number of carbonyl (C=O) groups excluding carboxylic acids is 2. The first kappa shape index (κ1) is 22.8. The molecule has 6 heteroatoms. The van der Waals surface area contributed by atoms with Crippen LogP contribution in [0.25, 0.3) is 0 Å². The summed E-state index contributed by atoms with van der Waals surface area (Å²) in [4.78, 5) is 29.0. The van der Waals surface area contributed by atoms with Crippen LogP contribution < -0.4 is 14.8 Å². The van der Waals surface area contributed by atoms with E-state index in [-0.39, 0.29) is 17.9 Å². The maximum atomic E-state index is 14.1. The Balaban J connectivity index is 1.48. The molecule has 3 unspecified atom stereocenters. The van der Waals surface area contributed by atoms with Gasteiger partial charge in [-0.3, -0.25) is 9.59 Å². The zero-order valence-corrected chi connectivity index (χ0v) is 20.3. The molecule has 6 nitrogen and oxygen atoms in total. The van der Waals surface area contributed by atoms with Crippen LogP contribution in [0.2, 0.25) is 0 Å². The molecule has 34 heavy (non-hydrogen) atoms. The lowest BCUT2D eigenvalue weighted by Gasteiger charge is -2.51. The Morgan fingerprint density at radius 2 is 1.68 bits per heavy atom. The third kappa shape index (κ3) is 4.04. The predicted octanol–water partition coefficient (Wildman–Crippen LogP) is 4.61. The maximum absolute atomic E-state index is 14.1. The molecule has 3 aliphatic carbocycles. The number of amides is 2. The zero-order chi connectivity index (χ0) is 23.9. The predicted molar refractivity (Wildman–Crippen MR) is 131 cm³/mol. The molecular formula is C28H34N2O4. The van der Waals surface area contributed by atoms with Gasteiger partial charge in [-0.1, -0.05) is 24.3 Å². The molecule has 5 rings (SSSR count). The van der Waals surface area contributed by atoms with Gasteiger partial charge in [-0.25, -0.2) is 0 Å². The van der Waals surface area contributed by atoms with Gasteiger partial charge in [0.1, 0.15) is 17.0 Å². The third-order valence-corrected chi connectivity index (χ3v) is 8.07. The van der Waals surface area contributed by atoms with Gasteiger partial charge in [-0.2, -0.15) is 0 Å². The summed E-state index contributed by atoms with van der Waals surface area (Å²) >= 11 is 0. The number of rotatable bonds is 6. The molecule has 2 aromatic carbocycles. The van der Waals surface area contributed by atoms with Crippen LogP contribution in [0.4, 0.5) is 5.69 Å². The highest BCUT2D eigenvalue weighted by atomic mass is 16.5. The molecule has 0 aromatic heterocycles. The Morgan fingerprint density at radius 3 is 2.29 bits per heavy atom. The van der Waals surface area contributed by atoms with Crippen molar-refractivity contribution in [2.45, 2.75) is 63.5 Å². The Bertz CT molecular complexity index is 1100. The molecule has 3 aliphatic rings. The van der Waals surface area contributed by atoms with E-state index in [1.165, 1.54) is 11.1 Å². The van der Waals surface area contributed by atoms with Crippen LogP contribution in [0.1, 0.15) is 50.2 Å². The molecule has 0 bridgehead atoms. The molecule has 0 spiro atoms. The molecule has 2 aromatic rings. The van der Waals surface area contributed by atoms with Gasteiger partial charge in [0.2, 0.25) is 11.8 Å². The fourth-order valence-electron chi connectivity index (χ4n) is 6.31. The highest BCUT2D eigenvalue weighted by Crippen LogP contribution is 2.49. The third-order valence-electron chi connectivity index (χ3n) is 8.07. The molecule has 2 amide bonds. The quantitative estimate of drug-likeness (QED) is 0.681. The van der Waals surface area contributed by atoms with E-state index in [0.29, 0.717) is 41.9 Å². The van der Waals surface area contributed by atoms with Crippen LogP contribution >= 0.6 is 0 Å². The fourth-order valence-corrected chi connectivity index (χ4v) is 6.31. The van der Waals surface area contributed by atoms with Crippen LogP contribution in [-0.4, -0.2) is 42.5 Å². The van der Waals surface area contributed by atoms with Crippen molar-refractivity contribution < 1.29 is 19.1 Å². The summed E-state index contributed by atoms with van der Waals surface area (Å²) in [7, 11) is 3.18. The summed E-state index contributed by atoms with van der Waals surface area (Å²) in [5.74, 6) is 2.04. The van der Waals surface area contributed by atoms with Gasteiger partial charge in [0.25, 0.3) is 0 Å². The maximum Gasteiger partial charge on any atom is 0.250 e. The average Bonchev–Trinajstić information content (AvgIpc) is 3.67. The summed E-state index contributed by atoms with van der Waals surface area (Å²) < 4.78 is 10.8. The van der Waals surface area contributed by atoms with Gasteiger partial charge in [0, 0.05) is 19.0 Å². The van der Waals surface area contributed by atoms with E-state index in [0.717, 1.165) is 32.1 Å². The molecule has 2 fully saturated rings. The lowest BCUT2D eigenvalue weighted by molar-refractivity contribution is -0.149. The van der Waals surface area contributed by atoms with Crippen LogP contribution in [0.15, 0.2) is 42.5 Å². The van der Waals surface area contributed by atoms with Crippen molar-refractivity contribution in [2.75, 3.05) is 19.5 Å². The van der Waals surface area contributed by atoms with Gasteiger partial charge >= 0.3 is 0 Å². The van der Waals surface area contributed by atoms with E-state index < -0.39 is 5.54 Å². The van der Waals surface area contributed by atoms with E-state index in [1.807, 2.05) is 11.0 Å². The second-order valence-electron chi connectivity index (χ2n) is 10.1. The number of nitrogens with zero attached hydrogens (tertiary/aromatic N) is 1. The average molecular weight is 463 g/mol. The molecule has 0 heterocycles. The Labute approximate surface area is 201 Å². The van der Waals surface area contributed by atoms with E-state index in [2.05, 4.69) is 29.6 Å². The lowest BCUT2D eigenvalue weighted by Crippen LogP contribution is -2.62. The van der Waals surface area contributed by atoms with Crippen LogP contribution in [0.3, 0.4) is 0 Å². The second kappa shape index (κ2) is 8.97. The minimum Gasteiger partial charge on any atom is -0.497 e. The van der Waals surface area contributed by atoms with Gasteiger partial charge in [-0.05, 0) is 80.0 Å². The molecule has 180 valence electrons. The summed E-state index contributed by atoms with van der Waals surface area (Å²) in [6, 6.07) is 14.2. The fraction of sp³-hybridized carbons (Fsp3) is 0.500. The molecule has 0 saturated heterocycles. The number of ether oxygens (including phenoxy) is 2. The molecule has 3 atom stereocenters. The second-order valence-corrected chi connectivity index (χ2v) is 10.1. The first-order chi connectivity index (χ1) is 16.4. The summed E-state index contributed by atoms with van der Waals surface area (Å²) in [5.41, 5.74) is 2.58. The molecule has 2 saturated carbocycles. The number of carbonyl (C=O) groups is 2. The number of nitrogens with one attached hydrogen (secondary N) is 1. The topological polar surface area (TPSA) is 67.9 Å². The molecule has 1 N–H and O–H groups in total. The van der Waals surface area contributed by atoms with E-state index in [4.69, 9.17) is 9.47 Å². The van der Waals surface area contributed by atoms with E-state index in [9.17, 15) is 9.59 Å². The number of fused-ring (bicyclic) bond motifs is 2. The van der Waals surface area contributed by atoms with Crippen molar-refractivity contribution in [3.8, 4) is 11.5 Å². The van der Waals surface area contributed by atoms with E-state index in [1.54, 1.807) is 33.3 Å². The van der Waals surface area contributed by atoms with E-state index >= 15 is 0 Å². The van der Waals surface area contributed by atoms with Crippen LogP contribution in [0, 0.1) is 11.8 Å². The Morgan fingerprint density at radius 1 is 0.971 bits per heavy atom. The smallest absolute Gasteiger partial charge is 0.250 e. The Kier molecular flexibility index (Phi) is 6.00. The largest absolute Gasteiger partial charge is 0.497 e. The molecule has 0 radical (unpaired) electrons. The van der Waals surface area contributed by atoms with Crippen molar-refractivity contribution in [3.63, 3.8) is 0 Å². The first-order valence-corrected chi connectivity index (χ1v) is 12.4. The summed E-state index contributed by atoms with van der Waals surface area (Å²) in [6.45, 7) is 1.61. The van der Waals surface area contributed by atoms with Gasteiger partial charge < -0.3 is 19.7 Å². The standard InChI is InChI=1S/C28H34N2O4/c1-18(31)30(23-8-9-23)28(27(32)29-25-11-10-24(33-2)16-26(25)34-3)13-12-21-14-19-6-4-5-7-20(19)15-22(21)17-28/h4-7,10-11,16,21-23H,8-9,12-15,17H2,1-3H3,(H,29,32). The van der Waals surface area contributed by atoms with Gasteiger partial charge in [0.15, 0.2) is 0 Å². The molecular weight excluding hydrogens is 428 g/mol. The number of benzene rings is 2. The summed E-state index contributed by atoms with van der Waals surface area (Å²) in [6.07, 6.45) is 6.31. The van der Waals surface area contributed by atoms with Crippen molar-refractivity contribution in [2.24, 2.45) is 11.8 Å². The highest BCUT2D eigenvalue weighted by molar-refractivity contribution is 6.01. The molecule has 0 aliphatic heterocycles. The number of hydrogen-bond acceptors (Lipinski definition) is 4. The van der Waals surface area contributed by atoms with Crippen molar-refractivity contribution >= 4 is 17.5 Å². The highest BCUT2D eigenvalue weighted by Gasteiger charge is 2.55. The number of methoxy groups -OCH3 is 2. The minimum atomic E-state index is -0.842. The van der Waals surface area contributed by atoms with Crippen molar-refractivity contribution in [1.29, 1.82) is 0 Å². The monoisotopic (exact) mass is 462 g/mol. The zero-order valence-electron chi connectivity index (χ0n) is 20.3. The van der Waals surface area contributed by atoms with Crippen LogP contribution in [0.5, 0.6) is 11.5 Å². The first-order valence-electron chi connectivity index (χ1n) is 12.4. The SMILES string of the molecule is COc1ccc(NC(=O)C2(N(C(C)=O)C3CC3)CCC3Cc4ccccc4CC3C2)c(OC)c1. The summed E-state index contributed by atoms with van der Waals surface area (Å²) in [5, 5.41) is 3.14. The lowest BCUT2D eigenvalue weighted by atomic mass is 9.62.